The van der Waals surface area contributed by atoms with Crippen LogP contribution in [0.4, 0.5) is 5.69 Å². The molecule has 78 valence electrons. The molecule has 1 aromatic heterocycles. The van der Waals surface area contributed by atoms with Crippen LogP contribution in [0, 0.1) is 10.1 Å². The Hall–Kier alpha value is -1.95. The third-order valence-electron chi connectivity index (χ3n) is 1.47. The lowest BCUT2D eigenvalue weighted by Gasteiger charge is -1.96. The highest BCUT2D eigenvalue weighted by Gasteiger charge is 2.09. The van der Waals surface area contributed by atoms with Gasteiger partial charge in [0.15, 0.2) is 0 Å². The lowest BCUT2D eigenvalue weighted by atomic mass is 10.2. The van der Waals surface area contributed by atoms with Crippen molar-refractivity contribution in [1.29, 1.82) is 0 Å². The summed E-state index contributed by atoms with van der Waals surface area (Å²) in [5, 5.41) is 18.8. The third-order valence-corrected chi connectivity index (χ3v) is 1.78. The molecule has 7 heteroatoms. The number of carboxylic acids is 1. The summed E-state index contributed by atoms with van der Waals surface area (Å²) >= 11 is 5.61. The number of aliphatic carboxylic acids is 1. The van der Waals surface area contributed by atoms with Crippen molar-refractivity contribution >= 4 is 29.3 Å². The van der Waals surface area contributed by atoms with E-state index < -0.39 is 10.9 Å². The van der Waals surface area contributed by atoms with Gasteiger partial charge in [-0.05, 0) is 6.08 Å². The minimum absolute atomic E-state index is 0.0121. The number of hydrogen-bond acceptors (Lipinski definition) is 4. The highest BCUT2D eigenvalue weighted by Crippen LogP contribution is 2.20. The van der Waals surface area contributed by atoms with Gasteiger partial charge in [-0.3, -0.25) is 10.1 Å². The number of hydrogen-bond donors (Lipinski definition) is 1. The Morgan fingerprint density at radius 2 is 2.33 bits per heavy atom. The van der Waals surface area contributed by atoms with Gasteiger partial charge in [-0.15, -0.1) is 0 Å². The van der Waals surface area contributed by atoms with Gasteiger partial charge < -0.3 is 5.11 Å². The summed E-state index contributed by atoms with van der Waals surface area (Å²) < 4.78 is 0. The summed E-state index contributed by atoms with van der Waals surface area (Å²) in [7, 11) is 0. The number of nitro groups is 1. The second kappa shape index (κ2) is 4.52. The maximum atomic E-state index is 10.4. The van der Waals surface area contributed by atoms with Crippen LogP contribution in [0.3, 0.4) is 0 Å². The minimum Gasteiger partial charge on any atom is -0.478 e. The largest absolute Gasteiger partial charge is 0.478 e. The van der Waals surface area contributed by atoms with Crippen LogP contribution in [0.15, 0.2) is 18.3 Å². The van der Waals surface area contributed by atoms with E-state index in [0.29, 0.717) is 0 Å². The van der Waals surface area contributed by atoms with Gasteiger partial charge in [-0.2, -0.15) is 0 Å². The van der Waals surface area contributed by atoms with Crippen molar-refractivity contribution in [2.45, 2.75) is 0 Å². The fourth-order valence-electron chi connectivity index (χ4n) is 0.831. The zero-order valence-corrected chi connectivity index (χ0v) is 8.01. The maximum Gasteiger partial charge on any atom is 0.328 e. The van der Waals surface area contributed by atoms with Gasteiger partial charge in [0.25, 0.3) is 5.69 Å². The molecule has 0 fully saturated rings. The number of aromatic nitrogens is 1. The van der Waals surface area contributed by atoms with Gasteiger partial charge in [0, 0.05) is 17.7 Å². The summed E-state index contributed by atoms with van der Waals surface area (Å²) in [6.45, 7) is 0. The van der Waals surface area contributed by atoms with Gasteiger partial charge >= 0.3 is 5.97 Å². The normalized spacial score (nSPS) is 10.5. The highest BCUT2D eigenvalue weighted by atomic mass is 35.5. The molecule has 0 spiro atoms. The molecule has 6 nitrogen and oxygen atoms in total. The molecule has 1 N–H and O–H groups in total. The fraction of sp³-hybridized carbons (Fsp3) is 0. The second-order valence-corrected chi connectivity index (χ2v) is 2.86. The molecule has 1 rings (SSSR count). The van der Waals surface area contributed by atoms with Crippen molar-refractivity contribution in [1.82, 2.24) is 4.98 Å². The van der Waals surface area contributed by atoms with Crippen LogP contribution in [-0.2, 0) is 4.79 Å². The van der Waals surface area contributed by atoms with Gasteiger partial charge in [0.05, 0.1) is 4.92 Å². The molecular weight excluding hydrogens is 224 g/mol. The quantitative estimate of drug-likeness (QED) is 0.368. The van der Waals surface area contributed by atoms with E-state index in [2.05, 4.69) is 4.98 Å². The van der Waals surface area contributed by atoms with E-state index in [0.717, 1.165) is 24.4 Å². The zero-order valence-electron chi connectivity index (χ0n) is 7.25. The summed E-state index contributed by atoms with van der Waals surface area (Å²) in [5.41, 5.74) is -0.0577. The van der Waals surface area contributed by atoms with E-state index in [1.54, 1.807) is 0 Å². The first kappa shape index (κ1) is 11.1. The average Bonchev–Trinajstić information content (AvgIpc) is 2.16. The van der Waals surface area contributed by atoms with Crippen LogP contribution >= 0.6 is 11.6 Å². The van der Waals surface area contributed by atoms with Crippen molar-refractivity contribution in [3.05, 3.63) is 39.2 Å². The van der Waals surface area contributed by atoms with Gasteiger partial charge in [-0.25, -0.2) is 9.78 Å². The van der Waals surface area contributed by atoms with E-state index in [1.165, 1.54) is 0 Å². The molecule has 0 saturated carbocycles. The molecule has 0 aliphatic rings. The van der Waals surface area contributed by atoms with Crippen molar-refractivity contribution in [2.24, 2.45) is 0 Å². The summed E-state index contributed by atoms with van der Waals surface area (Å²) in [6.07, 6.45) is 2.97. The molecule has 0 aliphatic heterocycles. The lowest BCUT2D eigenvalue weighted by Crippen LogP contribution is -1.92. The first-order valence-electron chi connectivity index (χ1n) is 3.71. The monoisotopic (exact) mass is 228 g/mol. The molecule has 0 radical (unpaired) electrons. The Morgan fingerprint density at radius 1 is 1.67 bits per heavy atom. The second-order valence-electron chi connectivity index (χ2n) is 2.50. The molecule has 0 bridgehead atoms. The maximum absolute atomic E-state index is 10.4. The van der Waals surface area contributed by atoms with Gasteiger partial charge in [0.1, 0.15) is 11.3 Å². The third kappa shape index (κ3) is 3.03. The molecule has 15 heavy (non-hydrogen) atoms. The van der Waals surface area contributed by atoms with E-state index in [4.69, 9.17) is 16.7 Å². The van der Waals surface area contributed by atoms with E-state index >= 15 is 0 Å². The molecule has 1 heterocycles. The smallest absolute Gasteiger partial charge is 0.328 e. The van der Waals surface area contributed by atoms with Crippen LogP contribution < -0.4 is 0 Å². The van der Waals surface area contributed by atoms with Crippen LogP contribution in [-0.4, -0.2) is 21.0 Å². The predicted molar refractivity (Wildman–Crippen MR) is 52.6 cm³/mol. The Balaban J connectivity index is 3.11. The van der Waals surface area contributed by atoms with Crippen molar-refractivity contribution in [2.75, 3.05) is 0 Å². The van der Waals surface area contributed by atoms with Crippen LogP contribution in [0.5, 0.6) is 0 Å². The highest BCUT2D eigenvalue weighted by molar-refractivity contribution is 6.31. The topological polar surface area (TPSA) is 93.3 Å². The Morgan fingerprint density at radius 3 is 2.87 bits per heavy atom. The van der Waals surface area contributed by atoms with Crippen molar-refractivity contribution in [3.8, 4) is 0 Å². The molecule has 0 saturated heterocycles. The van der Waals surface area contributed by atoms with Crippen molar-refractivity contribution in [3.63, 3.8) is 0 Å². The number of rotatable bonds is 3. The van der Waals surface area contributed by atoms with E-state index in [9.17, 15) is 14.9 Å². The predicted octanol–water partition coefficient (Wildman–Crippen LogP) is 1.74. The zero-order chi connectivity index (χ0) is 11.4. The van der Waals surface area contributed by atoms with Gasteiger partial charge in [-0.1, -0.05) is 11.6 Å². The molecule has 1 aromatic rings. The van der Waals surface area contributed by atoms with E-state index in [-0.39, 0.29) is 16.4 Å². The van der Waals surface area contributed by atoms with Crippen LogP contribution in [0.25, 0.3) is 6.08 Å². The summed E-state index contributed by atoms with van der Waals surface area (Å²) in [5.74, 6) is -1.17. The van der Waals surface area contributed by atoms with E-state index in [1.807, 2.05) is 0 Å². The lowest BCUT2D eigenvalue weighted by molar-refractivity contribution is -0.385. The minimum atomic E-state index is -1.17. The van der Waals surface area contributed by atoms with Crippen LogP contribution in [0.2, 0.25) is 5.15 Å². The number of nitrogens with zero attached hydrogens (tertiary/aromatic N) is 2. The van der Waals surface area contributed by atoms with Crippen LogP contribution in [0.1, 0.15) is 5.56 Å². The fourth-order valence-corrected chi connectivity index (χ4v) is 0.998. The van der Waals surface area contributed by atoms with Gasteiger partial charge in [0.2, 0.25) is 0 Å². The van der Waals surface area contributed by atoms with Crippen molar-refractivity contribution < 1.29 is 14.8 Å². The first-order valence-corrected chi connectivity index (χ1v) is 4.09. The SMILES string of the molecule is O=C(O)C=Cc1cc([N+](=O)[O-])cnc1Cl. The average molecular weight is 229 g/mol. The number of carbonyl (C=O) groups is 1. The Kier molecular flexibility index (Phi) is 3.35. The summed E-state index contributed by atoms with van der Waals surface area (Å²) in [6, 6.07) is 1.15. The Labute approximate surface area is 89.0 Å². The molecular formula is C8H5ClN2O4. The molecule has 0 aromatic carbocycles. The molecule has 0 unspecified atom stereocenters. The standard InChI is InChI=1S/C8H5ClN2O4/c9-8-5(1-2-7(12)13)3-6(4-10-8)11(14)15/h1-4H,(H,12,13). The number of carboxylic acid groups (broad SMARTS) is 1. The summed E-state index contributed by atoms with van der Waals surface area (Å²) in [4.78, 5) is 23.5. The first-order chi connectivity index (χ1) is 7.00. The molecule has 0 amide bonds. The molecule has 0 atom stereocenters. The molecule has 0 aliphatic carbocycles. The number of halogens is 1. The number of pyridine rings is 1. The Bertz CT molecular complexity index is 444.